The van der Waals surface area contributed by atoms with Gasteiger partial charge in [0.25, 0.3) is 11.8 Å². The van der Waals surface area contributed by atoms with Crippen LogP contribution < -0.4 is 5.32 Å². The van der Waals surface area contributed by atoms with Crippen LogP contribution in [0.15, 0.2) is 58.3 Å². The van der Waals surface area contributed by atoms with Crippen molar-refractivity contribution in [3.8, 4) is 10.6 Å². The molecule has 3 aromatic rings. The van der Waals surface area contributed by atoms with E-state index >= 15 is 0 Å². The molecule has 0 atom stereocenters. The number of furan rings is 1. The molecule has 2 aromatic heterocycles. The Hall–Kier alpha value is -3.19. The number of nitrogens with one attached hydrogen (secondary N) is 1. The lowest BCUT2D eigenvalue weighted by Gasteiger charge is -2.13. The molecule has 0 fully saturated rings. The van der Waals surface area contributed by atoms with Crippen molar-refractivity contribution in [1.29, 1.82) is 0 Å². The SMILES string of the molecule is O=C(CN1C(=O)c2ccccc2C1=O)NCc1ccc(-c2cccs2)o1. The monoisotopic (exact) mass is 366 g/mol. The van der Waals surface area contributed by atoms with Crippen LogP contribution in [0.3, 0.4) is 0 Å². The Morgan fingerprint density at radius 1 is 1.00 bits per heavy atom. The van der Waals surface area contributed by atoms with Crippen molar-refractivity contribution in [2.75, 3.05) is 6.54 Å². The molecule has 1 aliphatic heterocycles. The van der Waals surface area contributed by atoms with Crippen molar-refractivity contribution < 1.29 is 18.8 Å². The molecule has 0 saturated heterocycles. The number of amides is 3. The zero-order valence-corrected chi connectivity index (χ0v) is 14.4. The Labute approximate surface area is 153 Å². The van der Waals surface area contributed by atoms with Crippen molar-refractivity contribution in [3.63, 3.8) is 0 Å². The fraction of sp³-hybridized carbons (Fsp3) is 0.105. The first-order valence-corrected chi connectivity index (χ1v) is 8.86. The first-order valence-electron chi connectivity index (χ1n) is 7.98. The molecule has 130 valence electrons. The maximum atomic E-state index is 12.3. The molecule has 1 N–H and O–H groups in total. The van der Waals surface area contributed by atoms with Gasteiger partial charge in [-0.2, -0.15) is 0 Å². The summed E-state index contributed by atoms with van der Waals surface area (Å²) in [6.07, 6.45) is 0. The van der Waals surface area contributed by atoms with Gasteiger partial charge in [-0.05, 0) is 35.7 Å². The summed E-state index contributed by atoms with van der Waals surface area (Å²) in [5.74, 6) is 0.0275. The average molecular weight is 366 g/mol. The molecule has 3 heterocycles. The third kappa shape index (κ3) is 2.93. The lowest BCUT2D eigenvalue weighted by Crippen LogP contribution is -2.40. The van der Waals surface area contributed by atoms with Crippen LogP contribution >= 0.6 is 11.3 Å². The van der Waals surface area contributed by atoms with E-state index in [0.717, 1.165) is 15.5 Å². The second-order valence-electron chi connectivity index (χ2n) is 5.76. The highest BCUT2D eigenvalue weighted by Crippen LogP contribution is 2.26. The second kappa shape index (κ2) is 6.61. The predicted molar refractivity (Wildman–Crippen MR) is 95.7 cm³/mol. The minimum absolute atomic E-state index is 0.188. The average Bonchev–Trinajstić information content (AvgIpc) is 3.38. The topological polar surface area (TPSA) is 79.6 Å². The molecule has 0 aliphatic carbocycles. The summed E-state index contributed by atoms with van der Waals surface area (Å²) in [6.45, 7) is -0.127. The Kier molecular flexibility index (Phi) is 4.14. The van der Waals surface area contributed by atoms with E-state index in [4.69, 9.17) is 4.42 Å². The van der Waals surface area contributed by atoms with Crippen molar-refractivity contribution >= 4 is 29.1 Å². The molecule has 1 aliphatic rings. The molecule has 7 heteroatoms. The highest BCUT2D eigenvalue weighted by molar-refractivity contribution is 7.13. The van der Waals surface area contributed by atoms with E-state index in [1.165, 1.54) is 0 Å². The molecule has 26 heavy (non-hydrogen) atoms. The van der Waals surface area contributed by atoms with Crippen LogP contribution in [-0.2, 0) is 11.3 Å². The summed E-state index contributed by atoms with van der Waals surface area (Å²) in [5.41, 5.74) is 0.661. The van der Waals surface area contributed by atoms with E-state index in [0.29, 0.717) is 16.9 Å². The summed E-state index contributed by atoms with van der Waals surface area (Å²) in [6, 6.07) is 14.1. The van der Waals surface area contributed by atoms with Crippen LogP contribution in [-0.4, -0.2) is 29.2 Å². The maximum absolute atomic E-state index is 12.3. The fourth-order valence-electron chi connectivity index (χ4n) is 2.79. The Balaban J connectivity index is 1.37. The van der Waals surface area contributed by atoms with Gasteiger partial charge in [0.1, 0.15) is 18.1 Å². The first kappa shape index (κ1) is 16.3. The standard InChI is InChI=1S/C19H14N2O4S/c22-17(11-21-18(23)13-4-1-2-5-14(13)19(21)24)20-10-12-7-8-15(25-12)16-6-3-9-26-16/h1-9H,10-11H2,(H,20,22). The number of rotatable bonds is 5. The van der Waals surface area contributed by atoms with Crippen molar-refractivity contribution in [3.05, 3.63) is 70.8 Å². The van der Waals surface area contributed by atoms with Crippen LogP contribution in [0.2, 0.25) is 0 Å². The molecule has 0 bridgehead atoms. The largest absolute Gasteiger partial charge is 0.458 e. The molecule has 1 aromatic carbocycles. The van der Waals surface area contributed by atoms with Crippen LogP contribution in [0.1, 0.15) is 26.5 Å². The van der Waals surface area contributed by atoms with Gasteiger partial charge in [0.2, 0.25) is 5.91 Å². The van der Waals surface area contributed by atoms with Gasteiger partial charge in [-0.3, -0.25) is 19.3 Å². The van der Waals surface area contributed by atoms with Crippen LogP contribution in [0.5, 0.6) is 0 Å². The maximum Gasteiger partial charge on any atom is 0.262 e. The molecule has 3 amide bonds. The number of carbonyl (C=O) groups is 3. The summed E-state index contributed by atoms with van der Waals surface area (Å²) in [4.78, 5) is 38.6. The summed E-state index contributed by atoms with van der Waals surface area (Å²) >= 11 is 1.57. The Morgan fingerprint density at radius 3 is 2.38 bits per heavy atom. The number of imide groups is 1. The summed E-state index contributed by atoms with van der Waals surface area (Å²) in [7, 11) is 0. The fourth-order valence-corrected chi connectivity index (χ4v) is 3.48. The molecular weight excluding hydrogens is 352 g/mol. The van der Waals surface area contributed by atoms with E-state index in [2.05, 4.69) is 5.32 Å². The molecular formula is C19H14N2O4S. The van der Waals surface area contributed by atoms with Crippen LogP contribution in [0, 0.1) is 0 Å². The molecule has 0 saturated carbocycles. The van der Waals surface area contributed by atoms with Crippen molar-refractivity contribution in [2.24, 2.45) is 0 Å². The highest BCUT2D eigenvalue weighted by atomic mass is 32.1. The van der Waals surface area contributed by atoms with E-state index in [9.17, 15) is 14.4 Å². The van der Waals surface area contributed by atoms with Gasteiger partial charge in [0.05, 0.1) is 22.5 Å². The van der Waals surface area contributed by atoms with Gasteiger partial charge in [0.15, 0.2) is 0 Å². The smallest absolute Gasteiger partial charge is 0.262 e. The van der Waals surface area contributed by atoms with Gasteiger partial charge in [-0.25, -0.2) is 0 Å². The molecule has 0 spiro atoms. The Morgan fingerprint density at radius 2 is 1.73 bits per heavy atom. The van der Waals surface area contributed by atoms with Crippen molar-refractivity contribution in [1.82, 2.24) is 10.2 Å². The third-order valence-corrected chi connectivity index (χ3v) is 4.95. The Bertz CT molecular complexity index is 956. The highest BCUT2D eigenvalue weighted by Gasteiger charge is 2.36. The number of hydrogen-bond donors (Lipinski definition) is 1. The lowest BCUT2D eigenvalue weighted by atomic mass is 10.1. The van der Waals surface area contributed by atoms with Crippen LogP contribution in [0.4, 0.5) is 0 Å². The molecule has 0 radical (unpaired) electrons. The number of fused-ring (bicyclic) bond motifs is 1. The quantitative estimate of drug-likeness (QED) is 0.704. The molecule has 4 rings (SSSR count). The van der Waals surface area contributed by atoms with Gasteiger partial charge >= 0.3 is 0 Å². The number of thiophene rings is 1. The van der Waals surface area contributed by atoms with E-state index in [1.54, 1.807) is 41.7 Å². The third-order valence-electron chi connectivity index (χ3n) is 4.07. The van der Waals surface area contributed by atoms with Gasteiger partial charge in [0, 0.05) is 0 Å². The zero-order chi connectivity index (χ0) is 18.1. The first-order chi connectivity index (χ1) is 12.6. The number of benzene rings is 1. The normalized spacial score (nSPS) is 13.2. The van der Waals surface area contributed by atoms with E-state index < -0.39 is 17.7 Å². The minimum Gasteiger partial charge on any atom is -0.458 e. The molecule has 6 nitrogen and oxygen atoms in total. The second-order valence-corrected chi connectivity index (χ2v) is 6.71. The van der Waals surface area contributed by atoms with E-state index in [-0.39, 0.29) is 13.1 Å². The predicted octanol–water partition coefficient (Wildman–Crippen LogP) is 2.92. The number of nitrogens with zero attached hydrogens (tertiary/aromatic N) is 1. The van der Waals surface area contributed by atoms with E-state index in [1.807, 2.05) is 23.6 Å². The molecule has 0 unspecified atom stereocenters. The lowest BCUT2D eigenvalue weighted by molar-refractivity contribution is -0.121. The van der Waals surface area contributed by atoms with Crippen LogP contribution in [0.25, 0.3) is 10.6 Å². The van der Waals surface area contributed by atoms with Gasteiger partial charge in [-0.15, -0.1) is 11.3 Å². The zero-order valence-electron chi connectivity index (χ0n) is 13.6. The summed E-state index contributed by atoms with van der Waals surface area (Å²) in [5, 5.41) is 4.64. The van der Waals surface area contributed by atoms with Gasteiger partial charge in [-0.1, -0.05) is 18.2 Å². The van der Waals surface area contributed by atoms with Crippen molar-refractivity contribution in [2.45, 2.75) is 6.54 Å². The minimum atomic E-state index is -0.446. The summed E-state index contributed by atoms with van der Waals surface area (Å²) < 4.78 is 5.69. The van der Waals surface area contributed by atoms with Gasteiger partial charge < -0.3 is 9.73 Å². The number of hydrogen-bond acceptors (Lipinski definition) is 5. The number of carbonyl (C=O) groups excluding carboxylic acids is 3.